The van der Waals surface area contributed by atoms with E-state index in [-0.39, 0.29) is 24.9 Å². The van der Waals surface area contributed by atoms with E-state index >= 15 is 0 Å². The zero-order chi connectivity index (χ0) is 30.8. The van der Waals surface area contributed by atoms with Crippen LogP contribution in [0.25, 0.3) is 0 Å². The summed E-state index contributed by atoms with van der Waals surface area (Å²) >= 11 is 0. The van der Waals surface area contributed by atoms with Crippen molar-refractivity contribution in [3.63, 3.8) is 0 Å². The van der Waals surface area contributed by atoms with Gasteiger partial charge in [0.25, 0.3) is 19.9 Å². The number of benzene rings is 2. The fourth-order valence-corrected chi connectivity index (χ4v) is 12.1. The molecule has 3 heterocycles. The number of hydrogen-bond donors (Lipinski definition) is 1. The second kappa shape index (κ2) is 12.7. The molecule has 0 radical (unpaired) electrons. The third-order valence-corrected chi connectivity index (χ3v) is 14.7. The Morgan fingerprint density at radius 3 is 1.93 bits per heavy atom. The molecule has 2 fully saturated rings. The standard InChI is InChI=1S/C30H39N2O9PSi/c1-6-36-42(35,37-7-2)29-40-25-23(39-27(26(25)41-29)32-19-18-24(33)31-28(32)34)20-38-43(30(3,4)5,21-14-10-8-11-15-21)22-16-12-9-13-17-22/h8-19,23,25-27,29H,6-7,20H2,1-5H3,(H,31,33,34)/t23-,25-,26-,27-,29+/m1/s1. The lowest BCUT2D eigenvalue weighted by Gasteiger charge is -2.43. The number of aromatic amines is 1. The summed E-state index contributed by atoms with van der Waals surface area (Å²) in [5, 5.41) is 1.89. The molecule has 0 saturated carbocycles. The van der Waals surface area contributed by atoms with Crippen LogP contribution in [0.5, 0.6) is 0 Å². The van der Waals surface area contributed by atoms with E-state index in [0.29, 0.717) is 0 Å². The smallest absolute Gasteiger partial charge is 0.386 e. The van der Waals surface area contributed by atoms with Crippen molar-refractivity contribution in [2.45, 2.75) is 70.2 Å². The molecule has 3 aromatic rings. The Bertz CT molecular complexity index is 1490. The minimum Gasteiger partial charge on any atom is -0.405 e. The van der Waals surface area contributed by atoms with E-state index in [4.69, 9.17) is 27.7 Å². The predicted octanol–water partition coefficient (Wildman–Crippen LogP) is 3.34. The molecule has 1 aromatic heterocycles. The maximum Gasteiger partial charge on any atom is 0.386 e. The molecule has 43 heavy (non-hydrogen) atoms. The van der Waals surface area contributed by atoms with Gasteiger partial charge in [-0.2, -0.15) is 0 Å². The molecule has 2 aromatic carbocycles. The van der Waals surface area contributed by atoms with Gasteiger partial charge in [-0.05, 0) is 29.3 Å². The highest BCUT2D eigenvalue weighted by Crippen LogP contribution is 2.58. The first-order valence-electron chi connectivity index (χ1n) is 14.5. The number of aromatic nitrogens is 2. The van der Waals surface area contributed by atoms with Crippen molar-refractivity contribution in [2.24, 2.45) is 0 Å². The van der Waals surface area contributed by atoms with Gasteiger partial charge in [0, 0.05) is 12.3 Å². The molecule has 13 heteroatoms. The van der Waals surface area contributed by atoms with Crippen LogP contribution in [0, 0.1) is 0 Å². The molecule has 232 valence electrons. The number of rotatable bonds is 11. The zero-order valence-corrected chi connectivity index (χ0v) is 26.9. The number of hydrogen-bond acceptors (Lipinski definition) is 9. The molecular formula is C30H39N2O9PSi. The topological polar surface area (TPSA) is 127 Å². The van der Waals surface area contributed by atoms with E-state index < -0.39 is 57.7 Å². The summed E-state index contributed by atoms with van der Waals surface area (Å²) in [5.74, 6) is 0. The van der Waals surface area contributed by atoms with Gasteiger partial charge in [-0.15, -0.1) is 0 Å². The van der Waals surface area contributed by atoms with E-state index in [0.717, 1.165) is 10.4 Å². The van der Waals surface area contributed by atoms with Crippen LogP contribution in [0.2, 0.25) is 5.04 Å². The summed E-state index contributed by atoms with van der Waals surface area (Å²) in [5.41, 5.74) is -1.21. The van der Waals surface area contributed by atoms with Crippen LogP contribution in [-0.2, 0) is 32.2 Å². The first-order chi connectivity index (χ1) is 20.5. The van der Waals surface area contributed by atoms with Crippen LogP contribution >= 0.6 is 7.60 Å². The highest BCUT2D eigenvalue weighted by atomic mass is 31.2. The summed E-state index contributed by atoms with van der Waals surface area (Å²) in [6.07, 6.45) is -2.02. The number of fused-ring (bicyclic) bond motifs is 1. The summed E-state index contributed by atoms with van der Waals surface area (Å²) < 4.78 is 51.8. The van der Waals surface area contributed by atoms with Crippen LogP contribution in [-0.4, -0.2) is 62.0 Å². The minimum atomic E-state index is -3.84. The monoisotopic (exact) mass is 630 g/mol. The first-order valence-corrected chi connectivity index (χ1v) is 18.0. The van der Waals surface area contributed by atoms with Crippen LogP contribution in [0.15, 0.2) is 82.5 Å². The summed E-state index contributed by atoms with van der Waals surface area (Å²) in [4.78, 5) is 26.9. The van der Waals surface area contributed by atoms with Crippen LogP contribution in [0.1, 0.15) is 40.8 Å². The third kappa shape index (κ3) is 6.03. The average Bonchev–Trinajstić information content (AvgIpc) is 3.55. The second-order valence-corrected chi connectivity index (χ2v) is 17.8. The highest BCUT2D eigenvalue weighted by Gasteiger charge is 2.59. The Morgan fingerprint density at radius 2 is 1.42 bits per heavy atom. The Morgan fingerprint density at radius 1 is 0.860 bits per heavy atom. The highest BCUT2D eigenvalue weighted by molar-refractivity contribution is 7.54. The van der Waals surface area contributed by atoms with E-state index in [1.165, 1.54) is 16.8 Å². The number of H-pyrrole nitrogens is 1. The lowest BCUT2D eigenvalue weighted by molar-refractivity contribution is -0.130. The fourth-order valence-electron chi connectivity index (χ4n) is 5.94. The van der Waals surface area contributed by atoms with Gasteiger partial charge in [0.1, 0.15) is 18.3 Å². The predicted molar refractivity (Wildman–Crippen MR) is 163 cm³/mol. The van der Waals surface area contributed by atoms with E-state index in [1.54, 1.807) is 13.8 Å². The molecule has 11 nitrogen and oxygen atoms in total. The molecule has 2 aliphatic rings. The quantitative estimate of drug-likeness (QED) is 0.251. The summed E-state index contributed by atoms with van der Waals surface area (Å²) in [6, 6.07) is 20.3. The second-order valence-electron chi connectivity index (χ2n) is 11.4. The maximum absolute atomic E-state index is 13.7. The molecule has 2 saturated heterocycles. The van der Waals surface area contributed by atoms with Crippen molar-refractivity contribution < 1.29 is 32.2 Å². The third-order valence-electron chi connectivity index (χ3n) is 7.72. The molecule has 0 bridgehead atoms. The van der Waals surface area contributed by atoms with Crippen molar-refractivity contribution in [2.75, 3.05) is 19.8 Å². The molecule has 0 aliphatic carbocycles. The van der Waals surface area contributed by atoms with Gasteiger partial charge in [-0.25, -0.2) is 4.79 Å². The summed E-state index contributed by atoms with van der Waals surface area (Å²) in [7, 11) is -6.79. The summed E-state index contributed by atoms with van der Waals surface area (Å²) in [6.45, 7) is 10.3. The molecular weight excluding hydrogens is 591 g/mol. The van der Waals surface area contributed by atoms with Gasteiger partial charge in [-0.3, -0.25) is 18.9 Å². The van der Waals surface area contributed by atoms with E-state index in [1.807, 2.05) is 36.4 Å². The normalized spacial score (nSPS) is 24.3. The lowest BCUT2D eigenvalue weighted by Crippen LogP contribution is -2.67. The number of nitrogens with one attached hydrogen (secondary N) is 1. The number of nitrogens with zero attached hydrogens (tertiary/aromatic N) is 1. The fraction of sp³-hybridized carbons (Fsp3) is 0.467. The number of ether oxygens (including phenoxy) is 3. The molecule has 5 atom stereocenters. The first kappa shape index (κ1) is 31.7. The molecule has 1 N–H and O–H groups in total. The van der Waals surface area contributed by atoms with Crippen LogP contribution in [0.4, 0.5) is 0 Å². The van der Waals surface area contributed by atoms with E-state index in [9.17, 15) is 14.2 Å². The van der Waals surface area contributed by atoms with Gasteiger partial charge >= 0.3 is 13.3 Å². The van der Waals surface area contributed by atoms with Crippen LogP contribution in [0.3, 0.4) is 0 Å². The van der Waals surface area contributed by atoms with Gasteiger partial charge in [0.05, 0.1) is 19.8 Å². The molecule has 5 rings (SSSR count). The van der Waals surface area contributed by atoms with Crippen molar-refractivity contribution in [3.05, 3.63) is 93.8 Å². The molecule has 0 spiro atoms. The van der Waals surface area contributed by atoms with Gasteiger partial charge in [0.15, 0.2) is 6.23 Å². The molecule has 2 aliphatic heterocycles. The Balaban J connectivity index is 1.54. The average molecular weight is 631 g/mol. The minimum absolute atomic E-state index is 0.0900. The van der Waals surface area contributed by atoms with Gasteiger partial charge < -0.3 is 27.7 Å². The SMILES string of the molecule is CCOP(=O)(OCC)[C@@H]1O[C@@H]2[C@H](O1)[C@@H](CO[Si](c1ccccc1)(c1ccccc1)C(C)(C)C)O[C@H]2n1ccc(=O)[nH]c1=O. The van der Waals surface area contributed by atoms with Crippen molar-refractivity contribution >= 4 is 26.3 Å². The van der Waals surface area contributed by atoms with Gasteiger partial charge in [-0.1, -0.05) is 81.4 Å². The largest absolute Gasteiger partial charge is 0.405 e. The Kier molecular flexibility index (Phi) is 9.41. The molecule has 0 amide bonds. The van der Waals surface area contributed by atoms with Crippen LogP contribution < -0.4 is 21.6 Å². The van der Waals surface area contributed by atoms with Gasteiger partial charge in [0.2, 0.25) is 0 Å². The van der Waals surface area contributed by atoms with Crippen molar-refractivity contribution in [1.82, 2.24) is 9.55 Å². The van der Waals surface area contributed by atoms with Crippen molar-refractivity contribution in [1.29, 1.82) is 0 Å². The Hall–Kier alpha value is -2.67. The lowest BCUT2D eigenvalue weighted by atomic mass is 10.1. The maximum atomic E-state index is 13.7. The Labute approximate surface area is 251 Å². The zero-order valence-electron chi connectivity index (χ0n) is 25.0. The van der Waals surface area contributed by atoms with Crippen molar-refractivity contribution in [3.8, 4) is 0 Å². The molecule has 0 unspecified atom stereocenters. The van der Waals surface area contributed by atoms with E-state index in [2.05, 4.69) is 50.0 Å².